The lowest BCUT2D eigenvalue weighted by Crippen LogP contribution is -2.09. The van der Waals surface area contributed by atoms with E-state index in [1.807, 2.05) is 11.3 Å². The lowest BCUT2D eigenvalue weighted by Gasteiger charge is -2.26. The second kappa shape index (κ2) is 14.5. The molecule has 0 saturated carbocycles. The van der Waals surface area contributed by atoms with Gasteiger partial charge in [-0.05, 0) is 158 Å². The van der Waals surface area contributed by atoms with Gasteiger partial charge in [-0.15, -0.1) is 11.3 Å². The minimum absolute atomic E-state index is 1.10. The highest BCUT2D eigenvalue weighted by Crippen LogP contribution is 2.42. The highest BCUT2D eigenvalue weighted by molar-refractivity contribution is 7.25. The molecule has 0 atom stereocenters. The van der Waals surface area contributed by atoms with Crippen LogP contribution in [0.5, 0.6) is 0 Å². The molecule has 1 aliphatic carbocycles. The number of hydrogen-bond donors (Lipinski definition) is 0. The van der Waals surface area contributed by atoms with Gasteiger partial charge in [-0.25, -0.2) is 0 Å². The third-order valence-electron chi connectivity index (χ3n) is 11.7. The number of nitrogens with zero attached hydrogens (tertiary/aromatic N) is 1. The van der Waals surface area contributed by atoms with E-state index in [1.54, 1.807) is 0 Å². The minimum atomic E-state index is 1.10. The molecule has 1 nitrogen and oxygen atoms in total. The topological polar surface area (TPSA) is 3.24 Å². The number of hydrogen-bond acceptors (Lipinski definition) is 2. The maximum absolute atomic E-state index is 2.41. The van der Waals surface area contributed by atoms with Crippen molar-refractivity contribution < 1.29 is 0 Å². The molecule has 1 aliphatic rings. The van der Waals surface area contributed by atoms with Crippen molar-refractivity contribution in [3.8, 4) is 44.5 Å². The molecule has 1 aromatic heterocycles. The summed E-state index contributed by atoms with van der Waals surface area (Å²) in [7, 11) is 0. The summed E-state index contributed by atoms with van der Waals surface area (Å²) >= 11 is 1.87. The number of rotatable bonds is 7. The fraction of sp³-hybridized carbons (Fsp3) is 0.0357. The van der Waals surface area contributed by atoms with Gasteiger partial charge in [0.15, 0.2) is 0 Å². The van der Waals surface area contributed by atoms with Crippen LogP contribution in [0.1, 0.15) is 17.5 Å². The molecule has 274 valence electrons. The monoisotopic (exact) mass is 757 g/mol. The predicted molar refractivity (Wildman–Crippen MR) is 251 cm³/mol. The molecule has 0 fully saturated rings. The van der Waals surface area contributed by atoms with E-state index in [2.05, 4.69) is 217 Å². The molecule has 0 amide bonds. The van der Waals surface area contributed by atoms with Gasteiger partial charge < -0.3 is 4.90 Å². The van der Waals surface area contributed by atoms with Gasteiger partial charge in [0, 0.05) is 37.2 Å². The van der Waals surface area contributed by atoms with Gasteiger partial charge >= 0.3 is 0 Å². The second-order valence-corrected chi connectivity index (χ2v) is 16.3. The number of para-hydroxylation sites is 1. The molecule has 1 heterocycles. The molecule has 0 bridgehead atoms. The quantitative estimate of drug-likeness (QED) is 0.156. The number of allylic oxidation sites excluding steroid dienone is 1. The zero-order valence-electron chi connectivity index (χ0n) is 32.0. The highest BCUT2D eigenvalue weighted by atomic mass is 32.1. The van der Waals surface area contributed by atoms with Crippen molar-refractivity contribution in [3.05, 3.63) is 217 Å². The maximum Gasteiger partial charge on any atom is 0.0467 e. The Hall–Kier alpha value is -7.00. The van der Waals surface area contributed by atoms with Gasteiger partial charge in [0.25, 0.3) is 0 Å². The molecule has 11 rings (SSSR count). The van der Waals surface area contributed by atoms with E-state index in [0.29, 0.717) is 0 Å². The number of thiophene rings is 1. The third-order valence-corrected chi connectivity index (χ3v) is 12.8. The summed E-state index contributed by atoms with van der Waals surface area (Å²) in [6.45, 7) is 0. The van der Waals surface area contributed by atoms with E-state index in [0.717, 1.165) is 29.9 Å². The molecule has 58 heavy (non-hydrogen) atoms. The van der Waals surface area contributed by atoms with Crippen LogP contribution in [-0.4, -0.2) is 0 Å². The molecule has 0 spiro atoms. The summed E-state index contributed by atoms with van der Waals surface area (Å²) in [6.07, 6.45) is 6.85. The van der Waals surface area contributed by atoms with Crippen molar-refractivity contribution in [2.45, 2.75) is 12.8 Å². The number of aryl methyl sites for hydroxylation is 1. The molecule has 0 saturated heterocycles. The van der Waals surface area contributed by atoms with Crippen molar-refractivity contribution in [2.75, 3.05) is 4.90 Å². The molecular weight excluding hydrogens is 719 g/mol. The zero-order valence-corrected chi connectivity index (χ0v) is 32.8. The second-order valence-electron chi connectivity index (χ2n) is 15.3. The van der Waals surface area contributed by atoms with Crippen LogP contribution in [0.25, 0.3) is 81.5 Å². The largest absolute Gasteiger partial charge is 0.310 e. The van der Waals surface area contributed by atoms with Crippen molar-refractivity contribution in [1.29, 1.82) is 0 Å². The van der Waals surface area contributed by atoms with Crippen LogP contribution >= 0.6 is 11.3 Å². The van der Waals surface area contributed by atoms with Gasteiger partial charge in [-0.2, -0.15) is 0 Å². The Kier molecular flexibility index (Phi) is 8.56. The molecule has 10 aromatic rings. The predicted octanol–water partition coefficient (Wildman–Crippen LogP) is 16.3. The maximum atomic E-state index is 2.41. The van der Waals surface area contributed by atoms with Gasteiger partial charge in [0.2, 0.25) is 0 Å². The molecule has 2 heteroatoms. The summed E-state index contributed by atoms with van der Waals surface area (Å²) < 4.78 is 2.64. The van der Waals surface area contributed by atoms with Crippen molar-refractivity contribution in [1.82, 2.24) is 0 Å². The number of benzene rings is 9. The van der Waals surface area contributed by atoms with Gasteiger partial charge in [0.05, 0.1) is 0 Å². The van der Waals surface area contributed by atoms with Crippen LogP contribution in [0.3, 0.4) is 0 Å². The summed E-state index contributed by atoms with van der Waals surface area (Å²) in [6, 6.07) is 73.8. The normalized spacial score (nSPS) is 12.3. The van der Waals surface area contributed by atoms with Crippen molar-refractivity contribution in [3.63, 3.8) is 0 Å². The smallest absolute Gasteiger partial charge is 0.0467 e. The van der Waals surface area contributed by atoms with Crippen LogP contribution in [0.2, 0.25) is 0 Å². The number of anilines is 3. The first-order valence-electron chi connectivity index (χ1n) is 20.1. The summed E-state index contributed by atoms with van der Waals surface area (Å²) in [5, 5.41) is 5.24. The molecule has 9 aromatic carbocycles. The van der Waals surface area contributed by atoms with Crippen molar-refractivity contribution >= 4 is 65.4 Å². The van der Waals surface area contributed by atoms with E-state index in [-0.39, 0.29) is 0 Å². The number of fused-ring (bicyclic) bond motifs is 6. The van der Waals surface area contributed by atoms with Crippen LogP contribution in [0.15, 0.2) is 206 Å². The SMILES string of the molecule is C1=Cc2c(ccc3ccc(-c4cc(-c5cccc(N(c6ccccc6)c6ccc(-c7ccccc7)cc6)c5)cc(-c5ccc6sc7ccccc7c6c5)c4)cc23)CC1. The van der Waals surface area contributed by atoms with Crippen LogP contribution in [0.4, 0.5) is 17.1 Å². The summed E-state index contributed by atoms with van der Waals surface area (Å²) in [4.78, 5) is 2.36. The molecular formula is C56H39NS. The van der Waals surface area contributed by atoms with E-state index < -0.39 is 0 Å². The van der Waals surface area contributed by atoms with Gasteiger partial charge in [0.1, 0.15) is 0 Å². The van der Waals surface area contributed by atoms with Crippen LogP contribution in [0, 0.1) is 0 Å². The fourth-order valence-electron chi connectivity index (χ4n) is 8.74. The van der Waals surface area contributed by atoms with Crippen LogP contribution < -0.4 is 4.90 Å². The summed E-state index contributed by atoms with van der Waals surface area (Å²) in [5.74, 6) is 0. The summed E-state index contributed by atoms with van der Waals surface area (Å²) in [5.41, 5.74) is 15.8. The Labute approximate surface area is 343 Å². The fourth-order valence-corrected chi connectivity index (χ4v) is 9.82. The minimum Gasteiger partial charge on any atom is -0.310 e. The first kappa shape index (κ1) is 34.3. The highest BCUT2D eigenvalue weighted by Gasteiger charge is 2.16. The Balaban J connectivity index is 1.07. The Bertz CT molecular complexity index is 3160. The first-order chi connectivity index (χ1) is 28.7. The average Bonchev–Trinajstić information content (AvgIpc) is 3.68. The van der Waals surface area contributed by atoms with Gasteiger partial charge in [-0.3, -0.25) is 0 Å². The van der Waals surface area contributed by atoms with E-state index >= 15 is 0 Å². The Morgan fingerprint density at radius 3 is 1.72 bits per heavy atom. The van der Waals surface area contributed by atoms with E-state index in [9.17, 15) is 0 Å². The van der Waals surface area contributed by atoms with E-state index in [1.165, 1.54) is 86.6 Å². The lowest BCUT2D eigenvalue weighted by molar-refractivity contribution is 0.990. The lowest BCUT2D eigenvalue weighted by atomic mass is 9.89. The van der Waals surface area contributed by atoms with Gasteiger partial charge in [-0.1, -0.05) is 133 Å². The standard InChI is InChI=1S/C56H39NS/c1-3-12-38(13-4-1)39-26-29-49(30-27-39)57(48-16-5-2-6-17-48)50-18-11-15-42(35-50)45-32-46(43-25-24-41-23-22-40-14-7-8-19-51(40)53(41)36-43)34-47(33-45)44-28-31-56-54(37-44)52-20-9-10-21-55(52)58-56/h1-6,8-13,15-37H,7,14H2. The first-order valence-corrected chi connectivity index (χ1v) is 20.9. The van der Waals surface area contributed by atoms with Crippen LogP contribution in [-0.2, 0) is 6.42 Å². The van der Waals surface area contributed by atoms with E-state index in [4.69, 9.17) is 0 Å². The Morgan fingerprint density at radius 2 is 0.931 bits per heavy atom. The average molecular weight is 758 g/mol. The molecule has 0 aliphatic heterocycles. The molecule has 0 N–H and O–H groups in total. The molecule has 0 radical (unpaired) electrons. The Morgan fingerprint density at radius 1 is 0.362 bits per heavy atom. The third kappa shape index (κ3) is 6.29. The van der Waals surface area contributed by atoms with Crippen molar-refractivity contribution in [2.24, 2.45) is 0 Å². The zero-order chi connectivity index (χ0) is 38.4. The molecule has 0 unspecified atom stereocenters.